The summed E-state index contributed by atoms with van der Waals surface area (Å²) in [5.41, 5.74) is 0. The summed E-state index contributed by atoms with van der Waals surface area (Å²) in [6.07, 6.45) is 9.45. The van der Waals surface area contributed by atoms with Crippen molar-refractivity contribution in [2.24, 2.45) is 17.8 Å². The zero-order valence-corrected chi connectivity index (χ0v) is 16.3. The van der Waals surface area contributed by atoms with E-state index in [2.05, 4.69) is 27.7 Å². The van der Waals surface area contributed by atoms with Gasteiger partial charge in [0, 0.05) is 6.61 Å². The van der Waals surface area contributed by atoms with E-state index < -0.39 is 13.7 Å². The van der Waals surface area contributed by atoms with Gasteiger partial charge < -0.3 is 14.4 Å². The third-order valence-corrected chi connectivity index (χ3v) is 5.35. The van der Waals surface area contributed by atoms with Gasteiger partial charge in [0.15, 0.2) is 0 Å². The number of carbonyl (C=O) groups excluding carboxylic acids is 1. The van der Waals surface area contributed by atoms with E-state index >= 15 is 0 Å². The van der Waals surface area contributed by atoms with E-state index in [0.717, 1.165) is 12.8 Å². The van der Waals surface area contributed by atoms with Crippen LogP contribution in [-0.2, 0) is 14.3 Å². The lowest BCUT2D eigenvalue weighted by molar-refractivity contribution is -0.154. The van der Waals surface area contributed by atoms with Crippen molar-refractivity contribution in [2.45, 2.75) is 40.5 Å². The molecule has 0 saturated heterocycles. The van der Waals surface area contributed by atoms with E-state index in [4.69, 9.17) is 9.47 Å². The quantitative estimate of drug-likeness (QED) is 0.343. The maximum absolute atomic E-state index is 12.5. The molecule has 0 heterocycles. The zero-order valence-electron chi connectivity index (χ0n) is 15.4. The average Bonchev–Trinajstić information content (AvgIpc) is 2.53. The first-order valence-corrected chi connectivity index (χ1v) is 10.3. The Morgan fingerprint density at radius 1 is 1.12 bits per heavy atom. The van der Waals surface area contributed by atoms with Crippen LogP contribution in [0.15, 0.2) is 24.3 Å². The standard InChI is InChI=1S/C19H31O4P/c1-15(2)9-11-22-13-14-24(21)18-8-6-5-7-17(18)19(20)23-12-10-16(3)4/h5-8,15-17H,9-14H2,1-4H3. The zero-order chi connectivity index (χ0) is 17.9. The second-order valence-electron chi connectivity index (χ2n) is 6.89. The van der Waals surface area contributed by atoms with E-state index in [9.17, 15) is 9.69 Å². The molecule has 0 radical (unpaired) electrons. The van der Waals surface area contributed by atoms with Gasteiger partial charge in [-0.3, -0.25) is 4.79 Å². The first-order valence-electron chi connectivity index (χ1n) is 8.82. The van der Waals surface area contributed by atoms with Crippen LogP contribution in [0.5, 0.6) is 0 Å². The van der Waals surface area contributed by atoms with Crippen molar-refractivity contribution in [3.8, 4) is 0 Å². The van der Waals surface area contributed by atoms with E-state index in [1.807, 2.05) is 6.08 Å². The number of rotatable bonds is 10. The summed E-state index contributed by atoms with van der Waals surface area (Å²) in [5.74, 6) is 0.254. The second kappa shape index (κ2) is 11.6. The molecule has 0 aromatic carbocycles. The van der Waals surface area contributed by atoms with Gasteiger partial charge in [-0.15, -0.1) is 0 Å². The highest BCUT2D eigenvalue weighted by Gasteiger charge is 2.28. The van der Waals surface area contributed by atoms with Crippen molar-refractivity contribution in [1.29, 1.82) is 0 Å². The molecular formula is C19H31O4P. The highest BCUT2D eigenvalue weighted by Crippen LogP contribution is 2.24. The number of allylic oxidation sites excluding steroid dienone is 3. The SMILES string of the molecule is CC(C)CCOCC[P+]([O-])=C1C=CC=CC1C(=O)OCCC(C)C. The lowest BCUT2D eigenvalue weighted by atomic mass is 10.0. The number of carbonyl (C=O) groups is 1. The fourth-order valence-corrected chi connectivity index (χ4v) is 3.46. The molecular weight excluding hydrogens is 323 g/mol. The minimum atomic E-state index is -1.63. The Bertz CT molecular complexity index is 478. The van der Waals surface area contributed by atoms with Gasteiger partial charge in [-0.1, -0.05) is 45.9 Å². The lowest BCUT2D eigenvalue weighted by Crippen LogP contribution is -2.26. The van der Waals surface area contributed by atoms with Gasteiger partial charge in [-0.05, 0) is 30.8 Å². The fraction of sp³-hybridized carbons (Fsp3) is 0.684. The second-order valence-corrected chi connectivity index (χ2v) is 8.61. The summed E-state index contributed by atoms with van der Waals surface area (Å²) >= 11 is 0. The van der Waals surface area contributed by atoms with Gasteiger partial charge in [0.1, 0.15) is 17.4 Å². The third kappa shape index (κ3) is 8.23. The van der Waals surface area contributed by atoms with E-state index in [0.29, 0.717) is 43.1 Å². The minimum Gasteiger partial charge on any atom is -0.630 e. The Morgan fingerprint density at radius 2 is 1.79 bits per heavy atom. The smallest absolute Gasteiger partial charge is 0.321 e. The predicted molar refractivity (Wildman–Crippen MR) is 99.3 cm³/mol. The molecule has 0 N–H and O–H groups in total. The van der Waals surface area contributed by atoms with Gasteiger partial charge >= 0.3 is 5.97 Å². The van der Waals surface area contributed by atoms with Crippen LogP contribution in [0, 0.1) is 17.8 Å². The Kier molecular flexibility index (Phi) is 10.2. The van der Waals surface area contributed by atoms with Crippen molar-refractivity contribution >= 4 is 19.0 Å². The molecule has 0 amide bonds. The number of ether oxygens (including phenoxy) is 2. The molecule has 1 rings (SSSR count). The first-order chi connectivity index (χ1) is 11.4. The summed E-state index contributed by atoms with van der Waals surface area (Å²) in [4.78, 5) is 24.8. The molecule has 136 valence electrons. The maximum Gasteiger partial charge on any atom is 0.321 e. The molecule has 0 saturated carbocycles. The van der Waals surface area contributed by atoms with Crippen molar-refractivity contribution in [3.05, 3.63) is 24.3 Å². The average molecular weight is 354 g/mol. The predicted octanol–water partition coefficient (Wildman–Crippen LogP) is 3.31. The Labute approximate surface area is 147 Å². The van der Waals surface area contributed by atoms with E-state index in [-0.39, 0.29) is 5.97 Å². The molecule has 0 spiro atoms. The molecule has 0 aromatic heterocycles. The summed E-state index contributed by atoms with van der Waals surface area (Å²) < 4.78 is 10.9. The van der Waals surface area contributed by atoms with Gasteiger partial charge in [0.25, 0.3) is 0 Å². The molecule has 24 heavy (non-hydrogen) atoms. The van der Waals surface area contributed by atoms with Crippen LogP contribution in [0.4, 0.5) is 0 Å². The van der Waals surface area contributed by atoms with Crippen LogP contribution in [0.3, 0.4) is 0 Å². The summed E-state index contributed by atoms with van der Waals surface area (Å²) in [6, 6.07) is 0. The molecule has 0 bridgehead atoms. The molecule has 0 aromatic rings. The summed E-state index contributed by atoms with van der Waals surface area (Å²) in [7, 11) is -1.63. The number of hydrogen-bond donors (Lipinski definition) is 0. The maximum atomic E-state index is 12.5. The van der Waals surface area contributed by atoms with Crippen LogP contribution in [0.2, 0.25) is 0 Å². The highest BCUT2D eigenvalue weighted by molar-refractivity contribution is 7.52. The van der Waals surface area contributed by atoms with Crippen molar-refractivity contribution in [1.82, 2.24) is 0 Å². The third-order valence-electron chi connectivity index (χ3n) is 3.76. The molecule has 0 fully saturated rings. The number of hydrogen-bond acceptors (Lipinski definition) is 4. The normalized spacial score (nSPS) is 19.2. The minimum absolute atomic E-state index is 0.310. The van der Waals surface area contributed by atoms with Crippen molar-refractivity contribution in [2.75, 3.05) is 26.0 Å². The molecule has 5 heteroatoms. The van der Waals surface area contributed by atoms with Crippen LogP contribution < -0.4 is 4.89 Å². The van der Waals surface area contributed by atoms with Crippen LogP contribution in [0.25, 0.3) is 0 Å². The van der Waals surface area contributed by atoms with Crippen molar-refractivity contribution < 1.29 is 19.2 Å². The van der Waals surface area contributed by atoms with E-state index in [1.165, 1.54) is 0 Å². The van der Waals surface area contributed by atoms with Gasteiger partial charge in [0.2, 0.25) is 0 Å². The molecule has 0 aliphatic heterocycles. The van der Waals surface area contributed by atoms with Gasteiger partial charge in [0.05, 0.1) is 21.0 Å². The summed E-state index contributed by atoms with van der Waals surface area (Å²) in [6.45, 7) is 10.0. The Balaban J connectivity index is 2.53. The number of esters is 1. The van der Waals surface area contributed by atoms with E-state index in [1.54, 1.807) is 18.2 Å². The Morgan fingerprint density at radius 3 is 2.46 bits per heavy atom. The van der Waals surface area contributed by atoms with Crippen LogP contribution in [-0.4, -0.2) is 37.2 Å². The lowest BCUT2D eigenvalue weighted by Gasteiger charge is -2.16. The molecule has 2 unspecified atom stereocenters. The molecule has 1 aliphatic carbocycles. The molecule has 4 nitrogen and oxygen atoms in total. The van der Waals surface area contributed by atoms with Gasteiger partial charge in [-0.25, -0.2) is 0 Å². The topological polar surface area (TPSA) is 58.6 Å². The van der Waals surface area contributed by atoms with Crippen molar-refractivity contribution in [3.63, 3.8) is 0 Å². The molecule has 2 atom stereocenters. The first kappa shape index (κ1) is 21.1. The monoisotopic (exact) mass is 354 g/mol. The van der Waals surface area contributed by atoms with Crippen LogP contribution >= 0.6 is 7.77 Å². The largest absolute Gasteiger partial charge is 0.630 e. The van der Waals surface area contributed by atoms with Crippen LogP contribution in [0.1, 0.15) is 40.5 Å². The van der Waals surface area contributed by atoms with Gasteiger partial charge in [-0.2, -0.15) is 0 Å². The highest BCUT2D eigenvalue weighted by atomic mass is 31.1. The fourth-order valence-electron chi connectivity index (χ4n) is 2.15. The molecule has 1 aliphatic rings. The Hall–Kier alpha value is -0.960. The summed E-state index contributed by atoms with van der Waals surface area (Å²) in [5, 5.41) is 0.648.